The monoisotopic (exact) mass is 382 g/mol. The van der Waals surface area contributed by atoms with Gasteiger partial charge in [0.1, 0.15) is 5.75 Å². The molecule has 2 N–H and O–H groups in total. The van der Waals surface area contributed by atoms with Crippen LogP contribution in [0, 0.1) is 0 Å². The van der Waals surface area contributed by atoms with Gasteiger partial charge >= 0.3 is 0 Å². The molecule has 0 atom stereocenters. The molecule has 0 aliphatic rings. The zero-order chi connectivity index (χ0) is 19.1. The Morgan fingerprint density at radius 3 is 2.48 bits per heavy atom. The molecule has 0 unspecified atom stereocenters. The quantitative estimate of drug-likeness (QED) is 0.597. The van der Waals surface area contributed by atoms with Crippen LogP contribution in [0.15, 0.2) is 76.2 Å². The van der Waals surface area contributed by atoms with Gasteiger partial charge in [0.15, 0.2) is 5.76 Å². The Kier molecular flexibility index (Phi) is 6.17. The fourth-order valence-corrected chi connectivity index (χ4v) is 3.11. The molecule has 0 spiro atoms. The lowest BCUT2D eigenvalue weighted by Crippen LogP contribution is -2.15. The van der Waals surface area contributed by atoms with Gasteiger partial charge in [-0.2, -0.15) is 0 Å². The third-order valence-corrected chi connectivity index (χ3v) is 4.69. The first kappa shape index (κ1) is 18.6. The van der Waals surface area contributed by atoms with E-state index in [2.05, 4.69) is 10.6 Å². The van der Waals surface area contributed by atoms with Gasteiger partial charge in [0.2, 0.25) is 5.91 Å². The number of nitrogens with one attached hydrogen (secondary N) is 2. The Morgan fingerprint density at radius 1 is 1.00 bits per heavy atom. The second kappa shape index (κ2) is 8.95. The molecule has 3 rings (SSSR count). The molecule has 2 amide bonds. The molecule has 0 bridgehead atoms. The van der Waals surface area contributed by atoms with Crippen LogP contribution in [0.25, 0.3) is 0 Å². The maximum atomic E-state index is 12.2. The molecule has 1 aromatic heterocycles. The Morgan fingerprint density at radius 2 is 1.78 bits per heavy atom. The summed E-state index contributed by atoms with van der Waals surface area (Å²) in [5.74, 6) is 0.684. The zero-order valence-corrected chi connectivity index (χ0v) is 15.4. The van der Waals surface area contributed by atoms with Crippen LogP contribution in [0.1, 0.15) is 10.6 Å². The number of furan rings is 1. The van der Waals surface area contributed by atoms with Crippen molar-refractivity contribution in [2.75, 3.05) is 23.5 Å². The predicted octanol–water partition coefficient (Wildman–Crippen LogP) is 4.27. The Balaban J connectivity index is 1.58. The van der Waals surface area contributed by atoms with E-state index in [0.29, 0.717) is 11.4 Å². The van der Waals surface area contributed by atoms with Crippen LogP contribution >= 0.6 is 11.8 Å². The lowest BCUT2D eigenvalue weighted by Gasteiger charge is -2.10. The normalized spacial score (nSPS) is 10.3. The fourth-order valence-electron chi connectivity index (χ4n) is 2.30. The first-order valence-electron chi connectivity index (χ1n) is 8.16. The molecular formula is C20H18N2O4S. The number of para-hydroxylation sites is 1. The third-order valence-electron chi connectivity index (χ3n) is 3.61. The highest BCUT2D eigenvalue weighted by molar-refractivity contribution is 8.00. The summed E-state index contributed by atoms with van der Waals surface area (Å²) in [6, 6.07) is 17.7. The van der Waals surface area contributed by atoms with Gasteiger partial charge in [-0.25, -0.2) is 0 Å². The molecule has 2 aromatic carbocycles. The number of carbonyl (C=O) groups is 2. The van der Waals surface area contributed by atoms with Crippen LogP contribution in [0.4, 0.5) is 11.4 Å². The smallest absolute Gasteiger partial charge is 0.291 e. The van der Waals surface area contributed by atoms with Crippen molar-refractivity contribution in [3.63, 3.8) is 0 Å². The van der Waals surface area contributed by atoms with Gasteiger partial charge in [0.25, 0.3) is 5.91 Å². The second-order valence-electron chi connectivity index (χ2n) is 5.49. The van der Waals surface area contributed by atoms with E-state index in [1.807, 2.05) is 18.2 Å². The number of methoxy groups -OCH3 is 1. The van der Waals surface area contributed by atoms with Crippen LogP contribution in [-0.2, 0) is 4.79 Å². The van der Waals surface area contributed by atoms with Gasteiger partial charge in [-0.15, -0.1) is 11.8 Å². The summed E-state index contributed by atoms with van der Waals surface area (Å²) in [5.41, 5.74) is 1.32. The largest absolute Gasteiger partial charge is 0.497 e. The number of rotatable bonds is 7. The first-order valence-corrected chi connectivity index (χ1v) is 9.15. The molecule has 0 saturated carbocycles. The number of hydrogen-bond acceptors (Lipinski definition) is 5. The molecule has 27 heavy (non-hydrogen) atoms. The van der Waals surface area contributed by atoms with Crippen LogP contribution in [0.3, 0.4) is 0 Å². The molecule has 0 aliphatic heterocycles. The van der Waals surface area contributed by atoms with Gasteiger partial charge in [-0.3, -0.25) is 9.59 Å². The number of hydrogen-bond donors (Lipinski definition) is 2. The molecular weight excluding hydrogens is 364 g/mol. The van der Waals surface area contributed by atoms with E-state index >= 15 is 0 Å². The minimum absolute atomic E-state index is 0.141. The summed E-state index contributed by atoms with van der Waals surface area (Å²) >= 11 is 1.34. The van der Waals surface area contributed by atoms with Gasteiger partial charge in [-0.1, -0.05) is 12.1 Å². The lowest BCUT2D eigenvalue weighted by molar-refractivity contribution is -0.113. The average molecular weight is 382 g/mol. The van der Waals surface area contributed by atoms with Crippen LogP contribution in [-0.4, -0.2) is 24.7 Å². The van der Waals surface area contributed by atoms with Crippen molar-refractivity contribution in [3.8, 4) is 5.75 Å². The topological polar surface area (TPSA) is 80.6 Å². The van der Waals surface area contributed by atoms with Crippen molar-refractivity contribution in [2.45, 2.75) is 4.90 Å². The van der Waals surface area contributed by atoms with Crippen molar-refractivity contribution >= 4 is 35.0 Å². The molecule has 0 radical (unpaired) electrons. The highest BCUT2D eigenvalue weighted by atomic mass is 32.2. The van der Waals surface area contributed by atoms with Crippen LogP contribution in [0.5, 0.6) is 5.75 Å². The summed E-state index contributed by atoms with van der Waals surface area (Å²) in [6.45, 7) is 0. The van der Waals surface area contributed by atoms with Crippen molar-refractivity contribution in [2.24, 2.45) is 0 Å². The summed E-state index contributed by atoms with van der Waals surface area (Å²) in [4.78, 5) is 25.1. The number of thioether (sulfide) groups is 1. The second-order valence-corrected chi connectivity index (χ2v) is 6.51. The maximum absolute atomic E-state index is 12.2. The SMILES string of the molecule is COc1ccc(NC(=O)CSc2ccccc2NC(=O)c2ccco2)cc1. The van der Waals surface area contributed by atoms with Gasteiger partial charge < -0.3 is 19.8 Å². The van der Waals surface area contributed by atoms with Crippen molar-refractivity contribution in [1.29, 1.82) is 0 Å². The number of benzene rings is 2. The van der Waals surface area contributed by atoms with Crippen LogP contribution < -0.4 is 15.4 Å². The van der Waals surface area contributed by atoms with E-state index in [1.54, 1.807) is 49.6 Å². The van der Waals surface area contributed by atoms with Crippen molar-refractivity contribution < 1.29 is 18.7 Å². The summed E-state index contributed by atoms with van der Waals surface area (Å²) in [7, 11) is 1.59. The number of ether oxygens (including phenoxy) is 1. The van der Waals surface area contributed by atoms with E-state index in [9.17, 15) is 9.59 Å². The standard InChI is InChI=1S/C20H18N2O4S/c1-25-15-10-8-14(9-11-15)21-19(23)13-27-18-7-3-2-5-16(18)22-20(24)17-6-4-12-26-17/h2-12H,13H2,1H3,(H,21,23)(H,22,24). The lowest BCUT2D eigenvalue weighted by atomic mass is 10.3. The van der Waals surface area contributed by atoms with Gasteiger partial charge in [-0.05, 0) is 48.5 Å². The van der Waals surface area contributed by atoms with E-state index in [1.165, 1.54) is 18.0 Å². The van der Waals surface area contributed by atoms with Crippen molar-refractivity contribution in [1.82, 2.24) is 0 Å². The van der Waals surface area contributed by atoms with E-state index < -0.39 is 0 Å². The van der Waals surface area contributed by atoms with E-state index in [0.717, 1.165) is 10.6 Å². The Hall–Kier alpha value is -3.19. The Bertz CT molecular complexity index is 908. The third kappa shape index (κ3) is 5.15. The number of amides is 2. The van der Waals surface area contributed by atoms with E-state index in [-0.39, 0.29) is 23.3 Å². The average Bonchev–Trinajstić information content (AvgIpc) is 3.23. The molecule has 0 fully saturated rings. The van der Waals surface area contributed by atoms with Gasteiger partial charge in [0, 0.05) is 10.6 Å². The molecule has 1 heterocycles. The summed E-state index contributed by atoms with van der Waals surface area (Å²) < 4.78 is 10.2. The number of anilines is 2. The highest BCUT2D eigenvalue weighted by Gasteiger charge is 2.12. The fraction of sp³-hybridized carbons (Fsp3) is 0.100. The first-order chi connectivity index (χ1) is 13.2. The molecule has 6 nitrogen and oxygen atoms in total. The van der Waals surface area contributed by atoms with E-state index in [4.69, 9.17) is 9.15 Å². The minimum Gasteiger partial charge on any atom is -0.497 e. The van der Waals surface area contributed by atoms with Crippen molar-refractivity contribution in [3.05, 3.63) is 72.7 Å². The highest BCUT2D eigenvalue weighted by Crippen LogP contribution is 2.27. The zero-order valence-electron chi connectivity index (χ0n) is 14.6. The molecule has 138 valence electrons. The van der Waals surface area contributed by atoms with Gasteiger partial charge in [0.05, 0.1) is 24.8 Å². The molecule has 3 aromatic rings. The Labute approximate surface area is 160 Å². The minimum atomic E-state index is -0.337. The van der Waals surface area contributed by atoms with Crippen LogP contribution in [0.2, 0.25) is 0 Å². The predicted molar refractivity (Wildman–Crippen MR) is 105 cm³/mol. The molecule has 7 heteroatoms. The molecule has 0 saturated heterocycles. The number of carbonyl (C=O) groups excluding carboxylic acids is 2. The maximum Gasteiger partial charge on any atom is 0.291 e. The molecule has 0 aliphatic carbocycles. The summed E-state index contributed by atoms with van der Waals surface area (Å²) in [5, 5.41) is 5.63. The summed E-state index contributed by atoms with van der Waals surface area (Å²) in [6.07, 6.45) is 1.44.